The molecule has 146 valence electrons. The number of aromatic amines is 1. The fourth-order valence-electron chi connectivity index (χ4n) is 3.75. The quantitative estimate of drug-likeness (QED) is 0.610. The van der Waals surface area contributed by atoms with Crippen molar-refractivity contribution in [1.82, 2.24) is 25.4 Å². The van der Waals surface area contributed by atoms with Gasteiger partial charge in [0, 0.05) is 18.7 Å². The molecule has 1 saturated heterocycles. The Morgan fingerprint density at radius 3 is 2.89 bits per heavy atom. The summed E-state index contributed by atoms with van der Waals surface area (Å²) in [5.74, 6) is -0.232. The third kappa shape index (κ3) is 3.90. The number of pyridine rings is 1. The molecule has 7 heteroatoms. The van der Waals surface area contributed by atoms with E-state index in [1.165, 1.54) is 12.8 Å². The van der Waals surface area contributed by atoms with E-state index in [4.69, 9.17) is 0 Å². The van der Waals surface area contributed by atoms with Crippen molar-refractivity contribution in [2.75, 3.05) is 26.2 Å². The third-order valence-electron chi connectivity index (χ3n) is 5.25. The number of β-amino-alcohol motifs (C(OH)–C–C–N with tert-alkyl or cyclic N) is 1. The van der Waals surface area contributed by atoms with Gasteiger partial charge < -0.3 is 15.3 Å². The molecule has 0 bridgehead atoms. The zero-order chi connectivity index (χ0) is 19.5. The molecule has 1 fully saturated rings. The second-order valence-corrected chi connectivity index (χ2v) is 7.37. The molecule has 0 aliphatic carbocycles. The number of H-pyrrole nitrogens is 1. The number of rotatable bonds is 6. The van der Waals surface area contributed by atoms with Crippen molar-refractivity contribution in [1.29, 1.82) is 0 Å². The molecule has 3 heterocycles. The Labute approximate surface area is 163 Å². The standard InChI is InChI=1S/C21H25N5O2/c1-14-6-2-3-7-16(14)19-10-17(18-12-23-25-20(18)24-19)21(28)22-11-15(27)13-26-8-4-5-9-26/h2-3,6-7,10,12,15,27H,4-5,8-9,11,13H2,1H3,(H,22,28)(H,23,24,25). The fourth-order valence-corrected chi connectivity index (χ4v) is 3.75. The number of aromatic nitrogens is 3. The molecular weight excluding hydrogens is 354 g/mol. The number of aryl methyl sites for hydroxylation is 1. The highest BCUT2D eigenvalue weighted by Gasteiger charge is 2.19. The van der Waals surface area contributed by atoms with Crippen LogP contribution in [0.1, 0.15) is 28.8 Å². The second-order valence-electron chi connectivity index (χ2n) is 7.37. The molecule has 1 aromatic carbocycles. The van der Waals surface area contributed by atoms with Gasteiger partial charge in [-0.1, -0.05) is 24.3 Å². The zero-order valence-electron chi connectivity index (χ0n) is 16.0. The molecule has 4 rings (SSSR count). The Morgan fingerprint density at radius 2 is 2.11 bits per heavy atom. The highest BCUT2D eigenvalue weighted by molar-refractivity contribution is 6.06. The number of nitrogens with one attached hydrogen (secondary N) is 2. The molecule has 0 radical (unpaired) electrons. The van der Waals surface area contributed by atoms with Crippen LogP contribution in [0.5, 0.6) is 0 Å². The van der Waals surface area contributed by atoms with Crippen molar-refractivity contribution >= 4 is 16.9 Å². The number of likely N-dealkylation sites (tertiary alicyclic amines) is 1. The van der Waals surface area contributed by atoms with Gasteiger partial charge in [-0.15, -0.1) is 0 Å². The van der Waals surface area contributed by atoms with E-state index < -0.39 is 6.10 Å². The second kappa shape index (κ2) is 8.08. The smallest absolute Gasteiger partial charge is 0.252 e. The summed E-state index contributed by atoms with van der Waals surface area (Å²) >= 11 is 0. The summed E-state index contributed by atoms with van der Waals surface area (Å²) in [6, 6.07) is 9.73. The lowest BCUT2D eigenvalue weighted by Crippen LogP contribution is -2.39. The molecule has 1 aliphatic rings. The molecule has 0 saturated carbocycles. The summed E-state index contributed by atoms with van der Waals surface area (Å²) in [4.78, 5) is 19.7. The number of amides is 1. The maximum absolute atomic E-state index is 12.9. The third-order valence-corrected chi connectivity index (χ3v) is 5.25. The van der Waals surface area contributed by atoms with E-state index in [9.17, 15) is 9.90 Å². The van der Waals surface area contributed by atoms with E-state index in [1.807, 2.05) is 31.2 Å². The minimum atomic E-state index is -0.584. The fraction of sp³-hybridized carbons (Fsp3) is 0.381. The number of carbonyl (C=O) groups is 1. The summed E-state index contributed by atoms with van der Waals surface area (Å²) in [7, 11) is 0. The molecule has 1 aliphatic heterocycles. The maximum Gasteiger partial charge on any atom is 0.252 e. The van der Waals surface area contributed by atoms with E-state index in [0.717, 1.165) is 29.9 Å². The van der Waals surface area contributed by atoms with Gasteiger partial charge >= 0.3 is 0 Å². The lowest BCUT2D eigenvalue weighted by atomic mass is 10.0. The van der Waals surface area contributed by atoms with Crippen LogP contribution in [0.15, 0.2) is 36.5 Å². The monoisotopic (exact) mass is 379 g/mol. The van der Waals surface area contributed by atoms with Gasteiger partial charge in [0.25, 0.3) is 5.91 Å². The van der Waals surface area contributed by atoms with Crippen molar-refractivity contribution in [3.63, 3.8) is 0 Å². The molecule has 1 amide bonds. The van der Waals surface area contributed by atoms with Gasteiger partial charge in [0.05, 0.1) is 28.9 Å². The van der Waals surface area contributed by atoms with Gasteiger partial charge in [-0.05, 0) is 44.5 Å². The first kappa shape index (κ1) is 18.6. The van der Waals surface area contributed by atoms with Crippen molar-refractivity contribution in [3.8, 4) is 11.3 Å². The molecule has 0 spiro atoms. The van der Waals surface area contributed by atoms with E-state index >= 15 is 0 Å². The Bertz CT molecular complexity index is 978. The van der Waals surface area contributed by atoms with Gasteiger partial charge in [0.15, 0.2) is 5.65 Å². The lowest BCUT2D eigenvalue weighted by molar-refractivity contribution is 0.0881. The van der Waals surface area contributed by atoms with Gasteiger partial charge in [0.2, 0.25) is 0 Å². The van der Waals surface area contributed by atoms with E-state index in [2.05, 4.69) is 25.4 Å². The highest BCUT2D eigenvalue weighted by Crippen LogP contribution is 2.26. The molecule has 28 heavy (non-hydrogen) atoms. The van der Waals surface area contributed by atoms with Crippen molar-refractivity contribution in [2.45, 2.75) is 25.9 Å². The van der Waals surface area contributed by atoms with Crippen LogP contribution >= 0.6 is 0 Å². The van der Waals surface area contributed by atoms with Crippen molar-refractivity contribution in [2.24, 2.45) is 0 Å². The van der Waals surface area contributed by atoms with Crippen LogP contribution in [0, 0.1) is 6.92 Å². The maximum atomic E-state index is 12.9. The predicted octanol–water partition coefficient (Wildman–Crippen LogP) is 2.12. The number of fused-ring (bicyclic) bond motifs is 1. The lowest BCUT2D eigenvalue weighted by Gasteiger charge is -2.19. The molecule has 1 atom stereocenters. The first-order valence-corrected chi connectivity index (χ1v) is 9.70. The summed E-state index contributed by atoms with van der Waals surface area (Å²) in [5.41, 5.74) is 3.86. The minimum absolute atomic E-state index is 0.219. The molecule has 3 aromatic rings. The van der Waals surface area contributed by atoms with Crippen LogP contribution < -0.4 is 5.32 Å². The normalized spacial score (nSPS) is 15.8. The zero-order valence-corrected chi connectivity index (χ0v) is 16.0. The Balaban J connectivity index is 1.54. The molecular formula is C21H25N5O2. The number of hydrogen-bond donors (Lipinski definition) is 3. The van der Waals surface area contributed by atoms with Crippen LogP contribution in [0.25, 0.3) is 22.3 Å². The number of aliphatic hydroxyl groups is 1. The van der Waals surface area contributed by atoms with Crippen LogP contribution in [0.4, 0.5) is 0 Å². The van der Waals surface area contributed by atoms with Crippen molar-refractivity contribution < 1.29 is 9.90 Å². The minimum Gasteiger partial charge on any atom is -0.390 e. The average Bonchev–Trinajstić information content (AvgIpc) is 3.37. The van der Waals surface area contributed by atoms with Crippen LogP contribution in [-0.2, 0) is 0 Å². The molecule has 2 aromatic heterocycles. The van der Waals surface area contributed by atoms with Gasteiger partial charge in [-0.2, -0.15) is 5.10 Å². The highest BCUT2D eigenvalue weighted by atomic mass is 16.3. The molecule has 7 nitrogen and oxygen atoms in total. The van der Waals surface area contributed by atoms with E-state index in [-0.39, 0.29) is 12.5 Å². The van der Waals surface area contributed by atoms with Crippen LogP contribution in [-0.4, -0.2) is 63.4 Å². The number of nitrogens with zero attached hydrogens (tertiary/aromatic N) is 3. The SMILES string of the molecule is Cc1ccccc1-c1cc(C(=O)NCC(O)CN2CCCC2)c2cn[nH]c2n1. The topological polar surface area (TPSA) is 94.1 Å². The predicted molar refractivity (Wildman–Crippen MR) is 108 cm³/mol. The Kier molecular flexibility index (Phi) is 5.36. The Morgan fingerprint density at radius 1 is 1.32 bits per heavy atom. The summed E-state index contributed by atoms with van der Waals surface area (Å²) in [5, 5.41) is 20.7. The first-order valence-electron chi connectivity index (χ1n) is 9.70. The van der Waals surface area contributed by atoms with Gasteiger partial charge in [-0.25, -0.2) is 4.98 Å². The van der Waals surface area contributed by atoms with Crippen LogP contribution in [0.3, 0.4) is 0 Å². The van der Waals surface area contributed by atoms with Gasteiger partial charge in [-0.3, -0.25) is 9.89 Å². The number of aliphatic hydroxyl groups excluding tert-OH is 1. The molecule has 1 unspecified atom stereocenters. The summed E-state index contributed by atoms with van der Waals surface area (Å²) in [6.07, 6.45) is 3.38. The summed E-state index contributed by atoms with van der Waals surface area (Å²) in [6.45, 7) is 4.86. The van der Waals surface area contributed by atoms with Crippen molar-refractivity contribution in [3.05, 3.63) is 47.7 Å². The molecule has 3 N–H and O–H groups in total. The number of hydrogen-bond acceptors (Lipinski definition) is 5. The Hall–Kier alpha value is -2.77. The average molecular weight is 379 g/mol. The van der Waals surface area contributed by atoms with E-state index in [1.54, 1.807) is 12.3 Å². The summed E-state index contributed by atoms with van der Waals surface area (Å²) < 4.78 is 0. The van der Waals surface area contributed by atoms with Gasteiger partial charge in [0.1, 0.15) is 0 Å². The van der Waals surface area contributed by atoms with Crippen LogP contribution in [0.2, 0.25) is 0 Å². The van der Waals surface area contributed by atoms with E-state index in [0.29, 0.717) is 23.1 Å². The number of carbonyl (C=O) groups excluding carboxylic acids is 1. The largest absolute Gasteiger partial charge is 0.390 e. The number of benzene rings is 1. The first-order chi connectivity index (χ1) is 13.6.